The minimum atomic E-state index is -0.589. The van der Waals surface area contributed by atoms with Crippen LogP contribution in [-0.2, 0) is 14.2 Å². The van der Waals surface area contributed by atoms with Crippen LogP contribution in [0.25, 0.3) is 38.2 Å². The van der Waals surface area contributed by atoms with E-state index in [0.717, 1.165) is 152 Å². The number of nitrogens with one attached hydrogen (secondary N) is 1. The van der Waals surface area contributed by atoms with Gasteiger partial charge in [0.15, 0.2) is 0 Å². The predicted octanol–water partition coefficient (Wildman–Crippen LogP) is 10.1. The third kappa shape index (κ3) is 10.7. The number of aryl methyl sites for hydroxylation is 1. The number of likely N-dealkylation sites (tertiary alicyclic amines) is 1. The summed E-state index contributed by atoms with van der Waals surface area (Å²) in [6.07, 6.45) is 7.74. The van der Waals surface area contributed by atoms with E-state index in [1.165, 1.54) is 5.56 Å². The third-order valence-corrected chi connectivity index (χ3v) is 15.1. The molecule has 3 aliphatic rings. The van der Waals surface area contributed by atoms with Crippen molar-refractivity contribution < 1.29 is 23.7 Å². The number of carbonyl (C=O) groups excluding carboxylic acids is 1. The zero-order valence-corrected chi connectivity index (χ0v) is 41.3. The number of hydrogen-bond acceptors (Lipinski definition) is 11. The molecule has 5 heterocycles. The van der Waals surface area contributed by atoms with Crippen molar-refractivity contribution in [1.82, 2.24) is 34.1 Å². The SMILES string of the molecule is Cc1ncsc1-c1ccc([C@H](CCCN2CCC(c3cc4c(cc3OCCOCCN3CCOCC3)n3c5cccc(Br)c5c(=O)nc3n4C3CCCC3)CC2)NC(=O)OC(C)(C)C)cc1. The highest BCUT2D eigenvalue weighted by atomic mass is 79.9. The summed E-state index contributed by atoms with van der Waals surface area (Å²) in [5, 5.41) is 3.77. The molecule has 1 aliphatic carbocycles. The smallest absolute Gasteiger partial charge is 0.408 e. The number of piperidine rings is 1. The molecule has 1 atom stereocenters. The molecule has 1 N–H and O–H groups in total. The lowest BCUT2D eigenvalue weighted by Gasteiger charge is -2.33. The fraction of sp³-hybridized carbons (Fsp3) is 0.529. The van der Waals surface area contributed by atoms with E-state index in [1.54, 1.807) is 11.3 Å². The number of morpholine rings is 1. The molecular weight excluding hydrogens is 919 g/mol. The van der Waals surface area contributed by atoms with Crippen LogP contribution in [-0.4, -0.2) is 113 Å². The number of halogens is 1. The second kappa shape index (κ2) is 20.9. The van der Waals surface area contributed by atoms with Crippen molar-refractivity contribution in [3.63, 3.8) is 0 Å². The van der Waals surface area contributed by atoms with Crippen molar-refractivity contribution in [2.24, 2.45) is 0 Å². The van der Waals surface area contributed by atoms with E-state index in [4.69, 9.17) is 23.9 Å². The first-order valence-corrected chi connectivity index (χ1v) is 25.6. The Morgan fingerprint density at radius 1 is 0.924 bits per heavy atom. The number of ether oxygens (including phenoxy) is 4. The quantitative estimate of drug-likeness (QED) is 0.0938. The Hall–Kier alpha value is -4.38. The lowest BCUT2D eigenvalue weighted by molar-refractivity contribution is 0.0170. The molecule has 352 valence electrons. The van der Waals surface area contributed by atoms with E-state index in [9.17, 15) is 9.59 Å². The molecular formula is C51H64BrN7O6S. The first kappa shape index (κ1) is 46.7. The molecule has 2 saturated heterocycles. The molecule has 3 fully saturated rings. The van der Waals surface area contributed by atoms with Gasteiger partial charge in [-0.05, 0) is 143 Å². The second-order valence-electron chi connectivity index (χ2n) is 19.1. The summed E-state index contributed by atoms with van der Waals surface area (Å²) in [7, 11) is 0. The maximum absolute atomic E-state index is 13.7. The summed E-state index contributed by atoms with van der Waals surface area (Å²) >= 11 is 5.30. The number of carbonyl (C=O) groups is 1. The molecule has 1 saturated carbocycles. The molecule has 9 rings (SSSR count). The Morgan fingerprint density at radius 2 is 1.68 bits per heavy atom. The van der Waals surface area contributed by atoms with Crippen molar-refractivity contribution in [1.29, 1.82) is 0 Å². The molecule has 3 aromatic heterocycles. The molecule has 6 aromatic rings. The standard InChI is InChI=1S/C51H64BrN7O6S/c1-34-47(66-33-53-34)37-16-14-36(15-17-37)41(54-50(61)65-51(2,3)4)12-8-20-56-21-18-35(19-22-56)39-31-43-44(32-45(39)64-30-29-63-28-25-57-23-26-62-27-24-57)59-42-13-7-11-40(52)46(42)48(60)55-49(59)58(43)38-9-5-6-10-38/h7,11,13-17,31-33,35,38,41H,5-6,8-10,12,18-30H2,1-4H3,(H,54,61)/t41-/m0/s1. The lowest BCUT2D eigenvalue weighted by Crippen LogP contribution is -2.38. The van der Waals surface area contributed by atoms with Gasteiger partial charge < -0.3 is 33.7 Å². The zero-order valence-electron chi connectivity index (χ0n) is 38.9. The molecule has 0 unspecified atom stereocenters. The van der Waals surface area contributed by atoms with Gasteiger partial charge >= 0.3 is 6.09 Å². The highest BCUT2D eigenvalue weighted by Crippen LogP contribution is 2.42. The molecule has 15 heteroatoms. The number of imidazole rings is 1. The van der Waals surface area contributed by atoms with E-state index in [1.807, 2.05) is 51.4 Å². The Bertz CT molecular complexity index is 2670. The zero-order chi connectivity index (χ0) is 45.8. The molecule has 13 nitrogen and oxygen atoms in total. The van der Waals surface area contributed by atoms with E-state index in [2.05, 4.69) is 81.4 Å². The van der Waals surface area contributed by atoms with Gasteiger partial charge in [0.2, 0.25) is 5.78 Å². The van der Waals surface area contributed by atoms with Crippen LogP contribution < -0.4 is 15.6 Å². The Labute approximate surface area is 399 Å². The van der Waals surface area contributed by atoms with Crippen LogP contribution in [0.3, 0.4) is 0 Å². The van der Waals surface area contributed by atoms with Gasteiger partial charge in [0.1, 0.15) is 18.0 Å². The van der Waals surface area contributed by atoms with E-state index in [-0.39, 0.29) is 17.6 Å². The van der Waals surface area contributed by atoms with Crippen LogP contribution in [0.2, 0.25) is 0 Å². The minimum Gasteiger partial charge on any atom is -0.491 e. The number of alkyl carbamates (subject to hydrolysis) is 1. The van der Waals surface area contributed by atoms with Crippen molar-refractivity contribution in [2.45, 2.75) is 103 Å². The van der Waals surface area contributed by atoms with Gasteiger partial charge in [-0.3, -0.25) is 14.1 Å². The fourth-order valence-electron chi connectivity index (χ4n) is 10.2. The number of thiazole rings is 1. The number of fused-ring (bicyclic) bond motifs is 5. The third-order valence-electron chi connectivity index (χ3n) is 13.5. The first-order chi connectivity index (χ1) is 32.0. The molecule has 3 aromatic carbocycles. The average Bonchev–Trinajstić information content (AvgIpc) is 4.06. The Balaban J connectivity index is 0.937. The van der Waals surface area contributed by atoms with Gasteiger partial charge in [-0.15, -0.1) is 11.3 Å². The van der Waals surface area contributed by atoms with Gasteiger partial charge in [0.25, 0.3) is 5.56 Å². The largest absolute Gasteiger partial charge is 0.491 e. The molecule has 0 spiro atoms. The maximum Gasteiger partial charge on any atom is 0.408 e. The van der Waals surface area contributed by atoms with Crippen molar-refractivity contribution >= 4 is 61.1 Å². The normalized spacial score (nSPS) is 17.6. The number of aromatic nitrogens is 4. The molecule has 2 aliphatic heterocycles. The predicted molar refractivity (Wildman–Crippen MR) is 265 cm³/mol. The van der Waals surface area contributed by atoms with Crippen molar-refractivity contribution in [2.75, 3.05) is 72.3 Å². The molecule has 66 heavy (non-hydrogen) atoms. The Morgan fingerprint density at radius 3 is 2.41 bits per heavy atom. The number of hydrogen-bond donors (Lipinski definition) is 1. The average molecular weight is 983 g/mol. The summed E-state index contributed by atoms with van der Waals surface area (Å²) in [4.78, 5) is 42.1. The highest BCUT2D eigenvalue weighted by Gasteiger charge is 2.30. The number of nitrogens with zero attached hydrogens (tertiary/aromatic N) is 6. The number of amides is 1. The first-order valence-electron chi connectivity index (χ1n) is 23.9. The van der Waals surface area contributed by atoms with Crippen LogP contribution in [0.1, 0.15) is 107 Å². The number of benzene rings is 3. The van der Waals surface area contributed by atoms with Crippen molar-refractivity contribution in [3.05, 3.63) is 91.8 Å². The summed E-state index contributed by atoms with van der Waals surface area (Å²) in [5.74, 6) is 1.86. The van der Waals surface area contributed by atoms with Crippen LogP contribution in [0, 0.1) is 6.92 Å². The van der Waals surface area contributed by atoms with E-state index >= 15 is 0 Å². The van der Waals surface area contributed by atoms with Gasteiger partial charge in [-0.2, -0.15) is 4.98 Å². The van der Waals surface area contributed by atoms with Crippen molar-refractivity contribution in [3.8, 4) is 16.2 Å². The molecule has 0 bridgehead atoms. The minimum absolute atomic E-state index is 0.182. The van der Waals surface area contributed by atoms with Gasteiger partial charge in [-0.1, -0.05) is 43.2 Å². The van der Waals surface area contributed by atoms with E-state index < -0.39 is 11.7 Å². The lowest BCUT2D eigenvalue weighted by atomic mass is 9.88. The van der Waals surface area contributed by atoms with Gasteiger partial charge in [0.05, 0.1) is 70.5 Å². The van der Waals surface area contributed by atoms with Gasteiger partial charge in [0, 0.05) is 36.2 Å². The van der Waals surface area contributed by atoms with Crippen LogP contribution in [0.5, 0.6) is 5.75 Å². The summed E-state index contributed by atoms with van der Waals surface area (Å²) in [6, 6.07) is 19.1. The monoisotopic (exact) mass is 981 g/mol. The molecule has 0 radical (unpaired) electrons. The second-order valence-corrected chi connectivity index (χ2v) is 20.8. The topological polar surface area (TPSA) is 125 Å². The summed E-state index contributed by atoms with van der Waals surface area (Å²) in [5.41, 5.74) is 8.44. The van der Waals surface area contributed by atoms with E-state index in [0.29, 0.717) is 36.9 Å². The fourth-order valence-corrected chi connectivity index (χ4v) is 11.5. The number of rotatable bonds is 16. The Kier molecular flexibility index (Phi) is 14.8. The van der Waals surface area contributed by atoms with Gasteiger partial charge in [-0.25, -0.2) is 9.78 Å². The molecule has 1 amide bonds. The van der Waals surface area contributed by atoms with Crippen LogP contribution in [0.15, 0.2) is 69.4 Å². The van der Waals surface area contributed by atoms with Crippen LogP contribution >= 0.6 is 27.3 Å². The summed E-state index contributed by atoms with van der Waals surface area (Å²) < 4.78 is 29.4. The highest BCUT2D eigenvalue weighted by molar-refractivity contribution is 9.10. The maximum atomic E-state index is 13.7. The van der Waals surface area contributed by atoms with Crippen LogP contribution in [0.4, 0.5) is 4.79 Å². The summed E-state index contributed by atoms with van der Waals surface area (Å²) in [6.45, 7) is 16.5.